The van der Waals surface area contributed by atoms with Gasteiger partial charge in [0.05, 0.1) is 6.10 Å². The standard InChI is InChI=1S/C15H22N2O3/c16-7-3-8-17-15(18)12-4-1-5-13(10-12)20-11-14-6-2-9-19-14/h1,4-5,10,14H,2-3,6-9,11,16H2,(H,17,18). The molecular weight excluding hydrogens is 256 g/mol. The molecule has 0 saturated carbocycles. The lowest BCUT2D eigenvalue weighted by atomic mass is 10.2. The monoisotopic (exact) mass is 278 g/mol. The van der Waals surface area contributed by atoms with Crippen LogP contribution in [0.2, 0.25) is 0 Å². The number of benzene rings is 1. The third-order valence-corrected chi connectivity index (χ3v) is 3.22. The Morgan fingerprint density at radius 1 is 1.50 bits per heavy atom. The van der Waals surface area contributed by atoms with Crippen LogP contribution in [0.4, 0.5) is 0 Å². The minimum atomic E-state index is -0.0963. The number of hydrogen-bond donors (Lipinski definition) is 2. The Morgan fingerprint density at radius 2 is 2.40 bits per heavy atom. The zero-order valence-electron chi connectivity index (χ0n) is 11.6. The molecule has 1 amide bonds. The molecule has 0 bridgehead atoms. The first kappa shape index (κ1) is 14.8. The lowest BCUT2D eigenvalue weighted by Gasteiger charge is -2.12. The molecule has 1 aliphatic heterocycles. The van der Waals surface area contributed by atoms with Crippen molar-refractivity contribution in [2.24, 2.45) is 5.73 Å². The first-order chi connectivity index (χ1) is 9.79. The molecule has 5 nitrogen and oxygen atoms in total. The van der Waals surface area contributed by atoms with E-state index in [1.54, 1.807) is 12.1 Å². The third kappa shape index (κ3) is 4.51. The Labute approximate surface area is 119 Å². The maximum Gasteiger partial charge on any atom is 0.251 e. The molecule has 2 rings (SSSR count). The first-order valence-corrected chi connectivity index (χ1v) is 7.12. The summed E-state index contributed by atoms with van der Waals surface area (Å²) < 4.78 is 11.2. The lowest BCUT2D eigenvalue weighted by Crippen LogP contribution is -2.26. The average Bonchev–Trinajstić information content (AvgIpc) is 2.99. The van der Waals surface area contributed by atoms with Gasteiger partial charge in [-0.3, -0.25) is 4.79 Å². The number of nitrogens with two attached hydrogens (primary N) is 1. The Bertz CT molecular complexity index is 431. The van der Waals surface area contributed by atoms with Crippen LogP contribution in [0.15, 0.2) is 24.3 Å². The van der Waals surface area contributed by atoms with Crippen LogP contribution in [-0.4, -0.2) is 38.3 Å². The van der Waals surface area contributed by atoms with Gasteiger partial charge in [0.2, 0.25) is 0 Å². The largest absolute Gasteiger partial charge is 0.491 e. The second kappa shape index (κ2) is 7.87. The number of rotatable bonds is 7. The Hall–Kier alpha value is -1.59. The Balaban J connectivity index is 1.84. The number of amides is 1. The van der Waals surface area contributed by atoms with E-state index in [9.17, 15) is 4.79 Å². The molecule has 1 fully saturated rings. The number of carbonyl (C=O) groups excluding carboxylic acids is 1. The highest BCUT2D eigenvalue weighted by molar-refractivity contribution is 5.94. The van der Waals surface area contributed by atoms with Crippen LogP contribution in [0, 0.1) is 0 Å². The highest BCUT2D eigenvalue weighted by Crippen LogP contribution is 2.17. The molecule has 1 atom stereocenters. The van der Waals surface area contributed by atoms with E-state index in [4.69, 9.17) is 15.2 Å². The highest BCUT2D eigenvalue weighted by Gasteiger charge is 2.16. The summed E-state index contributed by atoms with van der Waals surface area (Å²) in [6.45, 7) is 2.52. The van der Waals surface area contributed by atoms with Crippen LogP contribution in [0.5, 0.6) is 5.75 Å². The second-order valence-electron chi connectivity index (χ2n) is 4.87. The summed E-state index contributed by atoms with van der Waals surface area (Å²) in [4.78, 5) is 11.9. The molecule has 20 heavy (non-hydrogen) atoms. The average molecular weight is 278 g/mol. The minimum Gasteiger partial charge on any atom is -0.491 e. The summed E-state index contributed by atoms with van der Waals surface area (Å²) in [5.74, 6) is 0.605. The summed E-state index contributed by atoms with van der Waals surface area (Å²) >= 11 is 0. The van der Waals surface area contributed by atoms with E-state index in [1.807, 2.05) is 12.1 Å². The maximum atomic E-state index is 11.9. The van der Waals surface area contributed by atoms with Gasteiger partial charge in [-0.25, -0.2) is 0 Å². The minimum absolute atomic E-state index is 0.0963. The van der Waals surface area contributed by atoms with Gasteiger partial charge >= 0.3 is 0 Å². The van der Waals surface area contributed by atoms with Gasteiger partial charge in [0.1, 0.15) is 12.4 Å². The van der Waals surface area contributed by atoms with Gasteiger partial charge in [-0.05, 0) is 44.0 Å². The molecule has 5 heteroatoms. The van der Waals surface area contributed by atoms with Gasteiger partial charge in [0, 0.05) is 18.7 Å². The molecule has 1 aromatic rings. The topological polar surface area (TPSA) is 73.6 Å². The molecule has 1 aliphatic rings. The molecule has 0 radical (unpaired) electrons. The van der Waals surface area contributed by atoms with E-state index in [2.05, 4.69) is 5.32 Å². The smallest absolute Gasteiger partial charge is 0.251 e. The molecule has 3 N–H and O–H groups in total. The predicted octanol–water partition coefficient (Wildman–Crippen LogP) is 1.32. The third-order valence-electron chi connectivity index (χ3n) is 3.22. The quantitative estimate of drug-likeness (QED) is 0.738. The fraction of sp³-hybridized carbons (Fsp3) is 0.533. The zero-order chi connectivity index (χ0) is 14.2. The van der Waals surface area contributed by atoms with Gasteiger partial charge in [0.15, 0.2) is 0 Å². The Kier molecular flexibility index (Phi) is 5.83. The summed E-state index contributed by atoms with van der Waals surface area (Å²) in [5, 5.41) is 2.83. The van der Waals surface area contributed by atoms with Crippen molar-refractivity contribution in [2.45, 2.75) is 25.4 Å². The molecule has 1 unspecified atom stereocenters. The van der Waals surface area contributed by atoms with E-state index in [1.165, 1.54) is 0 Å². The van der Waals surface area contributed by atoms with Crippen molar-refractivity contribution in [3.8, 4) is 5.75 Å². The molecule has 110 valence electrons. The molecule has 0 spiro atoms. The van der Waals surface area contributed by atoms with Gasteiger partial charge in [-0.15, -0.1) is 0 Å². The van der Waals surface area contributed by atoms with E-state index in [0.29, 0.717) is 31.0 Å². The summed E-state index contributed by atoms with van der Waals surface area (Å²) in [7, 11) is 0. The van der Waals surface area contributed by atoms with E-state index < -0.39 is 0 Å². The highest BCUT2D eigenvalue weighted by atomic mass is 16.5. The van der Waals surface area contributed by atoms with Crippen molar-refractivity contribution in [3.05, 3.63) is 29.8 Å². The lowest BCUT2D eigenvalue weighted by molar-refractivity contribution is 0.0679. The normalized spacial score (nSPS) is 17.9. The van der Waals surface area contributed by atoms with Crippen LogP contribution in [0.1, 0.15) is 29.6 Å². The SMILES string of the molecule is NCCCNC(=O)c1cccc(OCC2CCCO2)c1. The van der Waals surface area contributed by atoms with E-state index >= 15 is 0 Å². The summed E-state index contributed by atoms with van der Waals surface area (Å²) in [6, 6.07) is 7.21. The van der Waals surface area contributed by atoms with Crippen molar-refractivity contribution in [1.29, 1.82) is 0 Å². The fourth-order valence-electron chi connectivity index (χ4n) is 2.10. The molecule has 1 saturated heterocycles. The van der Waals surface area contributed by atoms with Crippen molar-refractivity contribution in [2.75, 3.05) is 26.3 Å². The van der Waals surface area contributed by atoms with Crippen LogP contribution in [0.25, 0.3) is 0 Å². The number of hydrogen-bond acceptors (Lipinski definition) is 4. The van der Waals surface area contributed by atoms with Gasteiger partial charge in [0.25, 0.3) is 5.91 Å². The molecule has 0 aromatic heterocycles. The van der Waals surface area contributed by atoms with Crippen molar-refractivity contribution < 1.29 is 14.3 Å². The van der Waals surface area contributed by atoms with Crippen LogP contribution >= 0.6 is 0 Å². The summed E-state index contributed by atoms with van der Waals surface area (Å²) in [6.07, 6.45) is 3.09. The van der Waals surface area contributed by atoms with Crippen molar-refractivity contribution >= 4 is 5.91 Å². The Morgan fingerprint density at radius 3 is 3.15 bits per heavy atom. The van der Waals surface area contributed by atoms with Gasteiger partial charge in [-0.2, -0.15) is 0 Å². The second-order valence-corrected chi connectivity index (χ2v) is 4.87. The van der Waals surface area contributed by atoms with Gasteiger partial charge in [-0.1, -0.05) is 6.07 Å². The summed E-state index contributed by atoms with van der Waals surface area (Å²) in [5.41, 5.74) is 6.00. The number of carbonyl (C=O) groups is 1. The predicted molar refractivity (Wildman–Crippen MR) is 76.9 cm³/mol. The molecule has 1 heterocycles. The first-order valence-electron chi connectivity index (χ1n) is 7.12. The van der Waals surface area contributed by atoms with Crippen LogP contribution < -0.4 is 15.8 Å². The number of ether oxygens (including phenoxy) is 2. The molecule has 1 aromatic carbocycles. The van der Waals surface area contributed by atoms with Crippen LogP contribution in [-0.2, 0) is 4.74 Å². The molecule has 0 aliphatic carbocycles. The van der Waals surface area contributed by atoms with Gasteiger partial charge < -0.3 is 20.5 Å². The van der Waals surface area contributed by atoms with E-state index in [0.717, 1.165) is 25.9 Å². The fourth-order valence-corrected chi connectivity index (χ4v) is 2.10. The molecular formula is C15H22N2O3. The van der Waals surface area contributed by atoms with E-state index in [-0.39, 0.29) is 12.0 Å². The van der Waals surface area contributed by atoms with Crippen LogP contribution in [0.3, 0.4) is 0 Å². The van der Waals surface area contributed by atoms with Crippen molar-refractivity contribution in [3.63, 3.8) is 0 Å². The van der Waals surface area contributed by atoms with Crippen molar-refractivity contribution in [1.82, 2.24) is 5.32 Å². The zero-order valence-corrected chi connectivity index (χ0v) is 11.6. The maximum absolute atomic E-state index is 11.9. The number of nitrogens with one attached hydrogen (secondary N) is 1.